The number of fused-ring (bicyclic) bond motifs is 1. The van der Waals surface area contributed by atoms with Crippen molar-refractivity contribution in [3.63, 3.8) is 0 Å². The molecule has 0 radical (unpaired) electrons. The van der Waals surface area contributed by atoms with E-state index >= 15 is 4.39 Å². The Hall–Kier alpha value is -2.80. The molecule has 1 unspecified atom stereocenters. The van der Waals surface area contributed by atoms with Crippen LogP contribution in [-0.2, 0) is 5.41 Å². The quantitative estimate of drug-likeness (QED) is 0.343. The van der Waals surface area contributed by atoms with Crippen LogP contribution in [-0.4, -0.2) is 23.7 Å². The van der Waals surface area contributed by atoms with E-state index in [4.69, 9.17) is 4.74 Å². The largest absolute Gasteiger partial charge is 0.490 e. The average molecular weight is 501 g/mol. The third-order valence-corrected chi connectivity index (χ3v) is 7.82. The number of pyridine rings is 1. The molecular weight excluding hydrogens is 465 g/mol. The van der Waals surface area contributed by atoms with Gasteiger partial charge in [-0.05, 0) is 99.7 Å². The minimum Gasteiger partial charge on any atom is -0.490 e. The Kier molecular flexibility index (Phi) is 7.79. The number of aromatic nitrogens is 1. The fraction of sp³-hybridized carbons (Fsp3) is 0.483. The maximum atomic E-state index is 15.5. The fourth-order valence-electron chi connectivity index (χ4n) is 5.80. The Balaban J connectivity index is 1.64. The predicted octanol–water partition coefficient (Wildman–Crippen LogP) is 6.60. The molecule has 4 nitrogen and oxygen atoms in total. The van der Waals surface area contributed by atoms with Gasteiger partial charge in [-0.2, -0.15) is 0 Å². The summed E-state index contributed by atoms with van der Waals surface area (Å²) in [6.07, 6.45) is 5.63. The standard InChI is InChI=1S/C29H35F3N2O2/c1-5-12-33-25(6-2)29(22-16-23(30)27(32)18(4)26(22)31)10-7-20(8-11-29)36-24-15-19-9-13-34-28(35)21(19)14-17(24)3/h9,13-16,20,25,33H,5-8,10-12H2,1-4H3,(H,34,35). The third kappa shape index (κ3) is 4.77. The van der Waals surface area contributed by atoms with Crippen LogP contribution in [0.5, 0.6) is 5.75 Å². The molecule has 3 aromatic rings. The summed E-state index contributed by atoms with van der Waals surface area (Å²) in [4.78, 5) is 14.8. The van der Waals surface area contributed by atoms with E-state index in [1.54, 1.807) is 6.20 Å². The van der Waals surface area contributed by atoms with Gasteiger partial charge in [0.05, 0.1) is 6.10 Å². The van der Waals surface area contributed by atoms with Crippen molar-refractivity contribution in [1.82, 2.24) is 10.3 Å². The second-order valence-electron chi connectivity index (χ2n) is 10.1. The lowest BCUT2D eigenvalue weighted by atomic mass is 9.63. The van der Waals surface area contributed by atoms with Crippen molar-refractivity contribution >= 4 is 10.8 Å². The highest BCUT2D eigenvalue weighted by atomic mass is 19.2. The molecule has 7 heteroatoms. The lowest BCUT2D eigenvalue weighted by Gasteiger charge is -2.46. The van der Waals surface area contributed by atoms with E-state index in [-0.39, 0.29) is 28.8 Å². The number of benzene rings is 2. The number of nitrogens with one attached hydrogen (secondary N) is 2. The van der Waals surface area contributed by atoms with Crippen LogP contribution in [0.4, 0.5) is 13.2 Å². The summed E-state index contributed by atoms with van der Waals surface area (Å²) < 4.78 is 50.5. The highest BCUT2D eigenvalue weighted by Crippen LogP contribution is 2.46. The number of hydrogen-bond acceptors (Lipinski definition) is 3. The number of halogens is 3. The van der Waals surface area contributed by atoms with Crippen molar-refractivity contribution in [3.8, 4) is 5.75 Å². The van der Waals surface area contributed by atoms with Crippen molar-refractivity contribution in [1.29, 1.82) is 0 Å². The molecule has 1 aromatic heterocycles. The number of aromatic amines is 1. The van der Waals surface area contributed by atoms with Gasteiger partial charge in [0.2, 0.25) is 0 Å². The van der Waals surface area contributed by atoms with Gasteiger partial charge in [0.25, 0.3) is 5.56 Å². The number of rotatable bonds is 8. The second kappa shape index (κ2) is 10.7. The monoisotopic (exact) mass is 500 g/mol. The number of H-pyrrole nitrogens is 1. The van der Waals surface area contributed by atoms with Crippen LogP contribution in [0.15, 0.2) is 35.3 Å². The van der Waals surface area contributed by atoms with Crippen molar-refractivity contribution in [3.05, 3.63) is 75.0 Å². The van der Waals surface area contributed by atoms with Crippen LogP contribution in [0.1, 0.15) is 69.1 Å². The molecule has 1 atom stereocenters. The molecule has 0 amide bonds. The van der Waals surface area contributed by atoms with Crippen LogP contribution in [0.25, 0.3) is 10.8 Å². The zero-order chi connectivity index (χ0) is 26.0. The predicted molar refractivity (Wildman–Crippen MR) is 137 cm³/mol. The molecule has 1 heterocycles. The van der Waals surface area contributed by atoms with E-state index in [2.05, 4.69) is 17.2 Å². The summed E-state index contributed by atoms with van der Waals surface area (Å²) in [5.74, 6) is -2.06. The maximum absolute atomic E-state index is 15.5. The number of aryl methyl sites for hydroxylation is 1. The summed E-state index contributed by atoms with van der Waals surface area (Å²) in [5, 5.41) is 4.97. The van der Waals surface area contributed by atoms with Crippen LogP contribution in [0.2, 0.25) is 0 Å². The normalized spacial score (nSPS) is 21.0. The Morgan fingerprint density at radius 3 is 2.50 bits per heavy atom. The molecule has 0 spiro atoms. The van der Waals surface area contributed by atoms with Crippen molar-refractivity contribution in [2.75, 3.05) is 6.54 Å². The van der Waals surface area contributed by atoms with E-state index in [9.17, 15) is 13.6 Å². The average Bonchev–Trinajstić information content (AvgIpc) is 2.87. The number of ether oxygens (including phenoxy) is 1. The van der Waals surface area contributed by atoms with E-state index in [1.165, 1.54) is 6.92 Å². The summed E-state index contributed by atoms with van der Waals surface area (Å²) in [6, 6.07) is 6.55. The first kappa shape index (κ1) is 26.3. The van der Waals surface area contributed by atoms with Crippen molar-refractivity contribution in [2.24, 2.45) is 0 Å². The highest BCUT2D eigenvalue weighted by Gasteiger charge is 2.45. The van der Waals surface area contributed by atoms with E-state index in [1.807, 2.05) is 32.0 Å². The Morgan fingerprint density at radius 1 is 1.11 bits per heavy atom. The first-order valence-corrected chi connectivity index (χ1v) is 12.9. The molecule has 0 saturated heterocycles. The van der Waals surface area contributed by atoms with Gasteiger partial charge in [-0.1, -0.05) is 13.8 Å². The van der Waals surface area contributed by atoms with E-state index < -0.39 is 22.9 Å². The third-order valence-electron chi connectivity index (χ3n) is 7.82. The minimum atomic E-state index is -1.12. The molecule has 2 N–H and O–H groups in total. The topological polar surface area (TPSA) is 54.1 Å². The minimum absolute atomic E-state index is 0.0775. The Morgan fingerprint density at radius 2 is 1.83 bits per heavy atom. The highest BCUT2D eigenvalue weighted by molar-refractivity contribution is 5.83. The zero-order valence-electron chi connectivity index (χ0n) is 21.4. The molecule has 0 bridgehead atoms. The van der Waals surface area contributed by atoms with Crippen molar-refractivity contribution in [2.45, 2.75) is 83.8 Å². The van der Waals surface area contributed by atoms with Gasteiger partial charge in [0.1, 0.15) is 11.6 Å². The number of hydrogen-bond donors (Lipinski definition) is 2. The van der Waals surface area contributed by atoms with Crippen LogP contribution < -0.4 is 15.6 Å². The Labute approximate surface area is 210 Å². The molecule has 2 aromatic carbocycles. The van der Waals surface area contributed by atoms with Crippen LogP contribution in [0, 0.1) is 31.3 Å². The first-order chi connectivity index (χ1) is 17.2. The first-order valence-electron chi connectivity index (χ1n) is 12.9. The lowest BCUT2D eigenvalue weighted by Crippen LogP contribution is -2.52. The maximum Gasteiger partial charge on any atom is 0.255 e. The van der Waals surface area contributed by atoms with E-state index in [0.717, 1.165) is 42.2 Å². The van der Waals surface area contributed by atoms with E-state index in [0.29, 0.717) is 31.1 Å². The molecule has 0 aliphatic heterocycles. The molecule has 1 saturated carbocycles. The fourth-order valence-corrected chi connectivity index (χ4v) is 5.80. The summed E-state index contributed by atoms with van der Waals surface area (Å²) in [5.41, 5.74) is 0.0515. The van der Waals surface area contributed by atoms with Gasteiger partial charge in [0.15, 0.2) is 11.6 Å². The molecule has 1 fully saturated rings. The summed E-state index contributed by atoms with van der Waals surface area (Å²) >= 11 is 0. The summed E-state index contributed by atoms with van der Waals surface area (Å²) in [6.45, 7) is 8.09. The molecule has 194 valence electrons. The van der Waals surface area contributed by atoms with Gasteiger partial charge < -0.3 is 15.0 Å². The van der Waals surface area contributed by atoms with Gasteiger partial charge in [-0.3, -0.25) is 4.79 Å². The molecule has 1 aliphatic rings. The molecule has 4 rings (SSSR count). The Bertz CT molecular complexity index is 1300. The van der Waals surface area contributed by atoms with Gasteiger partial charge >= 0.3 is 0 Å². The smallest absolute Gasteiger partial charge is 0.255 e. The summed E-state index contributed by atoms with van der Waals surface area (Å²) in [7, 11) is 0. The SMILES string of the molecule is CCCNC(CC)C1(c2cc(F)c(F)c(C)c2F)CCC(Oc2cc3cc[nH]c(=O)c3cc2C)CC1. The second-order valence-corrected chi connectivity index (χ2v) is 10.1. The lowest BCUT2D eigenvalue weighted by molar-refractivity contribution is 0.0933. The zero-order valence-corrected chi connectivity index (χ0v) is 21.4. The van der Waals surface area contributed by atoms with Crippen molar-refractivity contribution < 1.29 is 17.9 Å². The van der Waals surface area contributed by atoms with Gasteiger partial charge in [0, 0.05) is 28.6 Å². The van der Waals surface area contributed by atoms with Gasteiger partial charge in [-0.25, -0.2) is 13.2 Å². The molecule has 1 aliphatic carbocycles. The van der Waals surface area contributed by atoms with Gasteiger partial charge in [-0.15, -0.1) is 0 Å². The van der Waals surface area contributed by atoms with Crippen LogP contribution in [0.3, 0.4) is 0 Å². The molecule has 36 heavy (non-hydrogen) atoms. The molecular formula is C29H35F3N2O2. The van der Waals surface area contributed by atoms with Crippen LogP contribution >= 0.6 is 0 Å².